The Kier molecular flexibility index (Phi) is 7.38. The van der Waals surface area contributed by atoms with Crippen molar-refractivity contribution in [2.24, 2.45) is 0 Å². The van der Waals surface area contributed by atoms with Crippen molar-refractivity contribution in [3.63, 3.8) is 0 Å². The topological polar surface area (TPSA) is 25.8 Å². The summed E-state index contributed by atoms with van der Waals surface area (Å²) in [6.45, 7) is 6.85. The minimum absolute atomic E-state index is 0.173. The van der Waals surface area contributed by atoms with Crippen LogP contribution in [0.15, 0.2) is 3.92 Å². The molecule has 18 heavy (non-hydrogen) atoms. The summed E-state index contributed by atoms with van der Waals surface area (Å²) in [5, 5.41) is 0. The second kappa shape index (κ2) is 8.26. The van der Waals surface area contributed by atoms with Crippen LogP contribution in [0.25, 0.3) is 0 Å². The number of nitrogens with zero attached hydrogens (tertiary/aromatic N) is 2. The second-order valence-electron chi connectivity index (χ2n) is 5.35. The molecule has 0 amide bonds. The van der Waals surface area contributed by atoms with Crippen molar-refractivity contribution < 1.29 is 0 Å². The highest BCUT2D eigenvalue weighted by Gasteiger charge is 2.29. The van der Waals surface area contributed by atoms with E-state index in [9.17, 15) is 0 Å². The van der Waals surface area contributed by atoms with E-state index in [2.05, 4.69) is 46.1 Å². The first kappa shape index (κ1) is 16.1. The lowest BCUT2D eigenvalue weighted by Gasteiger charge is -2.26. The van der Waals surface area contributed by atoms with Gasteiger partial charge in [-0.3, -0.25) is 0 Å². The molecule has 1 atom stereocenters. The molecule has 0 N–H and O–H groups in total. The molecule has 0 saturated heterocycles. The van der Waals surface area contributed by atoms with E-state index in [4.69, 9.17) is 0 Å². The first-order valence-corrected chi connectivity index (χ1v) is 8.68. The lowest BCUT2D eigenvalue weighted by molar-refractivity contribution is 0.353. The number of hydrogen-bond donors (Lipinski definition) is 0. The third-order valence-electron chi connectivity index (χ3n) is 3.61. The van der Waals surface area contributed by atoms with Crippen molar-refractivity contribution >= 4 is 27.5 Å². The van der Waals surface area contributed by atoms with Crippen LogP contribution >= 0.6 is 27.5 Å². The Morgan fingerprint density at radius 3 is 2.28 bits per heavy atom. The molecule has 104 valence electrons. The van der Waals surface area contributed by atoms with E-state index in [1.165, 1.54) is 62.9 Å². The van der Waals surface area contributed by atoms with Crippen molar-refractivity contribution in [1.29, 1.82) is 0 Å². The minimum atomic E-state index is 0.173. The van der Waals surface area contributed by atoms with Crippen LogP contribution in [0.1, 0.15) is 78.0 Å². The Morgan fingerprint density at radius 2 is 1.72 bits per heavy atom. The zero-order chi connectivity index (χ0) is 13.4. The van der Waals surface area contributed by atoms with Gasteiger partial charge in [0.25, 0.3) is 0 Å². The fourth-order valence-corrected chi connectivity index (χ4v) is 3.24. The maximum Gasteiger partial charge on any atom is 0.179 e. The van der Waals surface area contributed by atoms with E-state index in [-0.39, 0.29) is 5.41 Å². The van der Waals surface area contributed by atoms with E-state index in [0.717, 1.165) is 9.74 Å². The fraction of sp³-hybridized carbons (Fsp3) is 0.857. The molecule has 0 aliphatic heterocycles. The highest BCUT2D eigenvalue weighted by Crippen LogP contribution is 2.34. The molecular weight excluding hydrogens is 308 g/mol. The van der Waals surface area contributed by atoms with Crippen molar-refractivity contribution in [1.82, 2.24) is 9.36 Å². The van der Waals surface area contributed by atoms with Crippen LogP contribution in [0.5, 0.6) is 0 Å². The molecular formula is C14H25BrN2S. The summed E-state index contributed by atoms with van der Waals surface area (Å²) in [6, 6.07) is 0. The molecule has 0 aromatic carbocycles. The monoisotopic (exact) mass is 332 g/mol. The van der Waals surface area contributed by atoms with Gasteiger partial charge in [-0.2, -0.15) is 4.37 Å². The maximum absolute atomic E-state index is 4.56. The molecule has 4 heteroatoms. The predicted octanol–water partition coefficient (Wildman–Crippen LogP) is 5.72. The van der Waals surface area contributed by atoms with Gasteiger partial charge in [0.2, 0.25) is 0 Å². The number of unbranched alkanes of at least 4 members (excludes halogenated alkanes) is 4. The highest BCUT2D eigenvalue weighted by atomic mass is 79.9. The highest BCUT2D eigenvalue weighted by molar-refractivity contribution is 9.11. The van der Waals surface area contributed by atoms with Crippen molar-refractivity contribution in [2.45, 2.75) is 77.6 Å². The smallest absolute Gasteiger partial charge is 0.179 e. The SMILES string of the molecule is CCCCCCC(C)(CCCC)c1nsc(Br)n1. The molecule has 1 aromatic rings. The second-order valence-corrected chi connectivity index (χ2v) is 7.37. The summed E-state index contributed by atoms with van der Waals surface area (Å²) in [6.07, 6.45) is 10.2. The number of halogens is 1. The summed E-state index contributed by atoms with van der Waals surface area (Å²) in [7, 11) is 0. The van der Waals surface area contributed by atoms with Crippen LogP contribution < -0.4 is 0 Å². The van der Waals surface area contributed by atoms with Crippen LogP contribution in [-0.4, -0.2) is 9.36 Å². The largest absolute Gasteiger partial charge is 0.212 e. The van der Waals surface area contributed by atoms with Crippen LogP contribution in [0.4, 0.5) is 0 Å². The standard InChI is InChI=1S/C14H25BrN2S/c1-4-6-8-9-11-14(3,10-7-5-2)12-16-13(15)18-17-12/h4-11H2,1-3H3. The fourth-order valence-electron chi connectivity index (χ4n) is 2.31. The molecule has 0 radical (unpaired) electrons. The minimum Gasteiger partial charge on any atom is -0.212 e. The first-order valence-electron chi connectivity index (χ1n) is 7.12. The molecule has 0 spiro atoms. The van der Waals surface area contributed by atoms with E-state index >= 15 is 0 Å². The van der Waals surface area contributed by atoms with Gasteiger partial charge in [-0.25, -0.2) is 4.98 Å². The van der Waals surface area contributed by atoms with Gasteiger partial charge < -0.3 is 0 Å². The van der Waals surface area contributed by atoms with Crippen LogP contribution in [-0.2, 0) is 5.41 Å². The molecule has 1 heterocycles. The Balaban J connectivity index is 2.62. The summed E-state index contributed by atoms with van der Waals surface area (Å²) >= 11 is 4.89. The molecule has 0 saturated carbocycles. The molecule has 1 rings (SSSR count). The first-order chi connectivity index (χ1) is 8.62. The Bertz CT molecular complexity index is 340. The predicted molar refractivity (Wildman–Crippen MR) is 83.2 cm³/mol. The van der Waals surface area contributed by atoms with Gasteiger partial charge in [-0.1, -0.05) is 59.3 Å². The Hall–Kier alpha value is 0.0400. The summed E-state index contributed by atoms with van der Waals surface area (Å²) in [4.78, 5) is 4.56. The van der Waals surface area contributed by atoms with Gasteiger partial charge in [0.1, 0.15) is 5.82 Å². The van der Waals surface area contributed by atoms with Gasteiger partial charge in [-0.05, 0) is 40.3 Å². The van der Waals surface area contributed by atoms with E-state index in [1.54, 1.807) is 0 Å². The van der Waals surface area contributed by atoms with Gasteiger partial charge in [0, 0.05) is 5.41 Å². The van der Waals surface area contributed by atoms with E-state index < -0.39 is 0 Å². The average molecular weight is 333 g/mol. The lowest BCUT2D eigenvalue weighted by atomic mass is 9.79. The van der Waals surface area contributed by atoms with Crippen LogP contribution in [0, 0.1) is 0 Å². The van der Waals surface area contributed by atoms with E-state index in [0.29, 0.717) is 0 Å². The van der Waals surface area contributed by atoms with Crippen molar-refractivity contribution in [3.8, 4) is 0 Å². The summed E-state index contributed by atoms with van der Waals surface area (Å²) in [5.41, 5.74) is 0.173. The van der Waals surface area contributed by atoms with Crippen LogP contribution in [0.3, 0.4) is 0 Å². The van der Waals surface area contributed by atoms with Gasteiger partial charge in [0.15, 0.2) is 3.92 Å². The normalized spacial score (nSPS) is 14.7. The van der Waals surface area contributed by atoms with Crippen molar-refractivity contribution in [3.05, 3.63) is 9.74 Å². The number of rotatable bonds is 9. The Labute approximate surface area is 124 Å². The lowest BCUT2D eigenvalue weighted by Crippen LogP contribution is -2.23. The molecule has 0 aliphatic carbocycles. The summed E-state index contributed by atoms with van der Waals surface area (Å²) < 4.78 is 5.43. The molecule has 0 aliphatic rings. The molecule has 1 unspecified atom stereocenters. The van der Waals surface area contributed by atoms with Gasteiger partial charge >= 0.3 is 0 Å². The molecule has 0 fully saturated rings. The molecule has 0 bridgehead atoms. The third kappa shape index (κ3) is 4.96. The van der Waals surface area contributed by atoms with Gasteiger partial charge in [0.05, 0.1) is 0 Å². The van der Waals surface area contributed by atoms with Crippen LogP contribution in [0.2, 0.25) is 0 Å². The van der Waals surface area contributed by atoms with E-state index in [1.807, 2.05) is 0 Å². The summed E-state index contributed by atoms with van der Waals surface area (Å²) in [5.74, 6) is 1.05. The molecule has 2 nitrogen and oxygen atoms in total. The number of aromatic nitrogens is 2. The number of hydrogen-bond acceptors (Lipinski definition) is 3. The molecule has 1 aromatic heterocycles. The quantitative estimate of drug-likeness (QED) is 0.540. The third-order valence-corrected chi connectivity index (χ3v) is 4.72. The van der Waals surface area contributed by atoms with Gasteiger partial charge in [-0.15, -0.1) is 0 Å². The zero-order valence-electron chi connectivity index (χ0n) is 11.8. The maximum atomic E-state index is 4.56. The zero-order valence-corrected chi connectivity index (χ0v) is 14.2. The Morgan fingerprint density at radius 1 is 1.06 bits per heavy atom. The van der Waals surface area contributed by atoms with Crippen molar-refractivity contribution in [2.75, 3.05) is 0 Å². The average Bonchev–Trinajstić information content (AvgIpc) is 2.80.